The molecular weight excluding hydrogens is 231 g/mol. The van der Waals surface area contributed by atoms with Crippen molar-refractivity contribution < 1.29 is 9.50 Å². The fraction of sp³-hybridized carbons (Fsp3) is 0.571. The summed E-state index contributed by atoms with van der Waals surface area (Å²) in [5.41, 5.74) is 1.25. The Morgan fingerprint density at radius 3 is 2.78 bits per heavy atom. The zero-order valence-corrected chi connectivity index (χ0v) is 11.1. The first-order valence-electron chi connectivity index (χ1n) is 6.54. The number of rotatable bonds is 3. The molecule has 0 saturated carbocycles. The fourth-order valence-electron chi connectivity index (χ4n) is 2.68. The van der Waals surface area contributed by atoms with Crippen LogP contribution in [0.2, 0.25) is 0 Å². The minimum atomic E-state index is -0.319. The molecule has 1 heterocycles. The van der Waals surface area contributed by atoms with Gasteiger partial charge >= 0.3 is 0 Å². The van der Waals surface area contributed by atoms with Gasteiger partial charge in [0.25, 0.3) is 0 Å². The molecule has 2 rings (SSSR count). The van der Waals surface area contributed by atoms with Crippen molar-refractivity contribution in [1.29, 1.82) is 0 Å². The Morgan fingerprint density at radius 2 is 2.17 bits per heavy atom. The van der Waals surface area contributed by atoms with Gasteiger partial charge in [0.1, 0.15) is 5.82 Å². The summed E-state index contributed by atoms with van der Waals surface area (Å²) in [6, 6.07) is 5.46. The van der Waals surface area contributed by atoms with Crippen molar-refractivity contribution in [3.05, 3.63) is 29.6 Å². The maximum atomic E-state index is 13.6. The molecular formula is C14H21FN2O. The van der Waals surface area contributed by atoms with Crippen LogP contribution in [0, 0.1) is 5.82 Å². The molecule has 1 aromatic rings. The van der Waals surface area contributed by atoms with Crippen molar-refractivity contribution >= 4 is 5.69 Å². The van der Waals surface area contributed by atoms with Gasteiger partial charge in [-0.05, 0) is 25.6 Å². The predicted molar refractivity (Wildman–Crippen MR) is 71.2 cm³/mol. The molecule has 0 spiro atoms. The Balaban J connectivity index is 2.20. The normalized spacial score (nSPS) is 21.3. The van der Waals surface area contributed by atoms with Crippen LogP contribution in [0.25, 0.3) is 0 Å². The minimum absolute atomic E-state index is 0.246. The number of benzene rings is 1. The van der Waals surface area contributed by atoms with Crippen LogP contribution in [0.4, 0.5) is 10.1 Å². The van der Waals surface area contributed by atoms with Crippen LogP contribution in [-0.2, 0) is 6.61 Å². The molecule has 1 unspecified atom stereocenters. The average molecular weight is 252 g/mol. The molecule has 3 nitrogen and oxygen atoms in total. The van der Waals surface area contributed by atoms with Crippen LogP contribution < -0.4 is 4.90 Å². The first kappa shape index (κ1) is 13.3. The molecule has 1 fully saturated rings. The van der Waals surface area contributed by atoms with Gasteiger partial charge in [0.15, 0.2) is 0 Å². The summed E-state index contributed by atoms with van der Waals surface area (Å²) in [5.74, 6) is -0.319. The van der Waals surface area contributed by atoms with Gasteiger partial charge in [-0.2, -0.15) is 0 Å². The van der Waals surface area contributed by atoms with Crippen molar-refractivity contribution in [2.24, 2.45) is 0 Å². The molecule has 1 aromatic carbocycles. The van der Waals surface area contributed by atoms with E-state index in [9.17, 15) is 9.50 Å². The zero-order chi connectivity index (χ0) is 13.1. The lowest BCUT2D eigenvalue weighted by Crippen LogP contribution is -2.52. The molecule has 0 amide bonds. The fourth-order valence-corrected chi connectivity index (χ4v) is 2.68. The zero-order valence-electron chi connectivity index (χ0n) is 11.1. The predicted octanol–water partition coefficient (Wildman–Crippen LogP) is 1.85. The van der Waals surface area contributed by atoms with Gasteiger partial charge in [0.2, 0.25) is 0 Å². The highest BCUT2D eigenvalue weighted by Gasteiger charge is 2.24. The van der Waals surface area contributed by atoms with Crippen LogP contribution >= 0.6 is 0 Å². The topological polar surface area (TPSA) is 26.7 Å². The van der Waals surface area contributed by atoms with Crippen LogP contribution in [0.3, 0.4) is 0 Å². The first-order valence-corrected chi connectivity index (χ1v) is 6.54. The summed E-state index contributed by atoms with van der Waals surface area (Å²) in [6.07, 6.45) is 0. The largest absolute Gasteiger partial charge is 0.391 e. The Hall–Kier alpha value is -1.13. The summed E-state index contributed by atoms with van der Waals surface area (Å²) in [4.78, 5) is 4.58. The Labute approximate surface area is 108 Å². The molecule has 18 heavy (non-hydrogen) atoms. The lowest BCUT2D eigenvalue weighted by atomic mass is 10.1. The monoisotopic (exact) mass is 252 g/mol. The molecule has 1 atom stereocenters. The van der Waals surface area contributed by atoms with Gasteiger partial charge in [-0.25, -0.2) is 4.39 Å². The van der Waals surface area contributed by atoms with E-state index < -0.39 is 0 Å². The van der Waals surface area contributed by atoms with Crippen LogP contribution in [-0.4, -0.2) is 42.2 Å². The van der Waals surface area contributed by atoms with E-state index in [0.29, 0.717) is 11.6 Å². The van der Waals surface area contributed by atoms with Gasteiger partial charge in [-0.1, -0.05) is 13.0 Å². The highest BCUT2D eigenvalue weighted by atomic mass is 19.1. The number of anilines is 1. The number of hydrogen-bond acceptors (Lipinski definition) is 3. The maximum absolute atomic E-state index is 13.6. The number of aliphatic hydroxyl groups is 1. The molecule has 0 radical (unpaired) electrons. The molecule has 1 N–H and O–H groups in total. The number of piperazine rings is 1. The summed E-state index contributed by atoms with van der Waals surface area (Å²) in [5, 5.41) is 9.32. The second-order valence-corrected chi connectivity index (χ2v) is 4.82. The van der Waals surface area contributed by atoms with E-state index in [-0.39, 0.29) is 12.4 Å². The van der Waals surface area contributed by atoms with E-state index >= 15 is 0 Å². The van der Waals surface area contributed by atoms with Crippen molar-refractivity contribution in [2.45, 2.75) is 26.5 Å². The van der Waals surface area contributed by atoms with E-state index in [2.05, 4.69) is 23.6 Å². The third kappa shape index (κ3) is 2.49. The van der Waals surface area contributed by atoms with E-state index in [0.717, 1.165) is 31.9 Å². The Morgan fingerprint density at radius 1 is 1.39 bits per heavy atom. The van der Waals surface area contributed by atoms with Crippen molar-refractivity contribution in [2.75, 3.05) is 31.1 Å². The van der Waals surface area contributed by atoms with Gasteiger partial charge in [-0.3, -0.25) is 4.90 Å². The van der Waals surface area contributed by atoms with Crippen LogP contribution in [0.5, 0.6) is 0 Å². The quantitative estimate of drug-likeness (QED) is 0.889. The summed E-state index contributed by atoms with van der Waals surface area (Å²) in [7, 11) is 0. The molecule has 1 saturated heterocycles. The summed E-state index contributed by atoms with van der Waals surface area (Å²) >= 11 is 0. The van der Waals surface area contributed by atoms with Crippen molar-refractivity contribution in [1.82, 2.24) is 4.90 Å². The standard InChI is InChI=1S/C14H21FN2O/c1-3-16-7-8-17(9-11(16)2)14-6-4-5-13(15)12(14)10-18/h4-6,11,18H,3,7-10H2,1-2H3. The highest BCUT2D eigenvalue weighted by molar-refractivity contribution is 5.54. The number of aliphatic hydroxyl groups excluding tert-OH is 1. The summed E-state index contributed by atoms with van der Waals surface area (Å²) < 4.78 is 13.6. The van der Waals surface area contributed by atoms with Crippen molar-refractivity contribution in [3.63, 3.8) is 0 Å². The molecule has 100 valence electrons. The molecule has 4 heteroatoms. The number of halogens is 1. The average Bonchev–Trinajstić information content (AvgIpc) is 2.38. The Kier molecular flexibility index (Phi) is 4.19. The van der Waals surface area contributed by atoms with Crippen molar-refractivity contribution in [3.8, 4) is 0 Å². The molecule has 0 aliphatic carbocycles. The van der Waals surface area contributed by atoms with E-state index in [1.54, 1.807) is 6.07 Å². The van der Waals surface area contributed by atoms with Gasteiger partial charge in [-0.15, -0.1) is 0 Å². The van der Waals surface area contributed by atoms with Crippen LogP contribution in [0.15, 0.2) is 18.2 Å². The second kappa shape index (κ2) is 5.67. The van der Waals surface area contributed by atoms with E-state index in [4.69, 9.17) is 0 Å². The number of hydrogen-bond donors (Lipinski definition) is 1. The maximum Gasteiger partial charge on any atom is 0.130 e. The summed E-state index contributed by atoms with van der Waals surface area (Å²) in [6.45, 7) is 7.90. The van der Waals surface area contributed by atoms with Gasteiger partial charge < -0.3 is 10.0 Å². The molecule has 0 bridgehead atoms. The van der Waals surface area contributed by atoms with Gasteiger partial charge in [0, 0.05) is 36.9 Å². The third-order valence-corrected chi connectivity index (χ3v) is 3.76. The second-order valence-electron chi connectivity index (χ2n) is 4.82. The smallest absolute Gasteiger partial charge is 0.130 e. The van der Waals surface area contributed by atoms with Crippen LogP contribution in [0.1, 0.15) is 19.4 Å². The lowest BCUT2D eigenvalue weighted by Gasteiger charge is -2.41. The number of likely N-dealkylation sites (N-methyl/N-ethyl adjacent to an activating group) is 1. The third-order valence-electron chi connectivity index (χ3n) is 3.76. The first-order chi connectivity index (χ1) is 8.67. The SMILES string of the molecule is CCN1CCN(c2cccc(F)c2CO)CC1C. The van der Waals surface area contributed by atoms with E-state index in [1.165, 1.54) is 6.07 Å². The number of nitrogens with zero attached hydrogens (tertiary/aromatic N) is 2. The molecule has 0 aromatic heterocycles. The molecule has 1 aliphatic rings. The highest BCUT2D eigenvalue weighted by Crippen LogP contribution is 2.25. The lowest BCUT2D eigenvalue weighted by molar-refractivity contribution is 0.199. The Bertz CT molecular complexity index is 411. The van der Waals surface area contributed by atoms with Gasteiger partial charge in [0.05, 0.1) is 6.61 Å². The minimum Gasteiger partial charge on any atom is -0.391 e. The molecule has 1 aliphatic heterocycles. The van der Waals surface area contributed by atoms with E-state index in [1.807, 2.05) is 6.07 Å².